The number of amides is 1. The summed E-state index contributed by atoms with van der Waals surface area (Å²) >= 11 is 0. The summed E-state index contributed by atoms with van der Waals surface area (Å²) in [5, 5.41) is 2.86. The molecule has 3 aromatic rings. The van der Waals surface area contributed by atoms with Crippen molar-refractivity contribution in [2.24, 2.45) is 0 Å². The summed E-state index contributed by atoms with van der Waals surface area (Å²) in [6.07, 6.45) is 0.927. The molecule has 148 valence electrons. The lowest BCUT2D eigenvalue weighted by Crippen LogP contribution is -2.30. The van der Waals surface area contributed by atoms with Crippen LogP contribution in [0.15, 0.2) is 91.0 Å². The van der Waals surface area contributed by atoms with Crippen LogP contribution >= 0.6 is 0 Å². The minimum Gasteiger partial charge on any atom is -0.455 e. The molecule has 0 unspecified atom stereocenters. The van der Waals surface area contributed by atoms with Gasteiger partial charge >= 0.3 is 5.97 Å². The second-order valence-corrected chi connectivity index (χ2v) is 6.84. The van der Waals surface area contributed by atoms with Gasteiger partial charge < -0.3 is 10.1 Å². The molecule has 0 atom stereocenters. The largest absolute Gasteiger partial charge is 0.455 e. The van der Waals surface area contributed by atoms with E-state index in [4.69, 9.17) is 4.74 Å². The van der Waals surface area contributed by atoms with Crippen molar-refractivity contribution in [3.8, 4) is 0 Å². The van der Waals surface area contributed by atoms with Crippen molar-refractivity contribution < 1.29 is 14.3 Å². The fourth-order valence-electron chi connectivity index (χ4n) is 3.26. The molecular weight excluding hydrogens is 362 g/mol. The number of nitrogens with one attached hydrogen (secondary N) is 1. The Morgan fingerprint density at radius 2 is 1.28 bits per heavy atom. The zero-order valence-electron chi connectivity index (χ0n) is 16.3. The van der Waals surface area contributed by atoms with Gasteiger partial charge in [-0.1, -0.05) is 91.0 Å². The number of hydrogen-bond donors (Lipinski definition) is 1. The molecule has 3 rings (SSSR count). The third kappa shape index (κ3) is 6.61. The van der Waals surface area contributed by atoms with E-state index in [-0.39, 0.29) is 24.9 Å². The Morgan fingerprint density at radius 1 is 0.759 bits per heavy atom. The molecule has 0 saturated heterocycles. The highest BCUT2D eigenvalue weighted by atomic mass is 16.5. The monoisotopic (exact) mass is 387 g/mol. The summed E-state index contributed by atoms with van der Waals surface area (Å²) in [5.41, 5.74) is 3.29. The third-order valence-corrected chi connectivity index (χ3v) is 4.71. The van der Waals surface area contributed by atoms with Crippen LogP contribution in [0.3, 0.4) is 0 Å². The summed E-state index contributed by atoms with van der Waals surface area (Å²) in [6.45, 7) is 0.247. The second kappa shape index (κ2) is 10.8. The Hall–Kier alpha value is -3.40. The van der Waals surface area contributed by atoms with Gasteiger partial charge in [0.1, 0.15) is 0 Å². The molecule has 1 N–H and O–H groups in total. The fraction of sp³-hybridized carbons (Fsp3) is 0.200. The van der Waals surface area contributed by atoms with Gasteiger partial charge in [0.05, 0.1) is 6.42 Å². The van der Waals surface area contributed by atoms with Gasteiger partial charge in [-0.15, -0.1) is 0 Å². The number of rotatable bonds is 9. The molecule has 0 aliphatic heterocycles. The highest BCUT2D eigenvalue weighted by molar-refractivity contribution is 5.81. The average molecular weight is 387 g/mol. The minimum absolute atomic E-state index is 0.165. The van der Waals surface area contributed by atoms with Crippen LogP contribution in [0.4, 0.5) is 0 Å². The van der Waals surface area contributed by atoms with Crippen molar-refractivity contribution in [3.05, 3.63) is 108 Å². The van der Waals surface area contributed by atoms with Crippen molar-refractivity contribution in [1.29, 1.82) is 0 Å². The summed E-state index contributed by atoms with van der Waals surface area (Å²) in [4.78, 5) is 23.9. The second-order valence-electron chi connectivity index (χ2n) is 6.84. The molecule has 0 heterocycles. The first-order chi connectivity index (χ1) is 14.2. The van der Waals surface area contributed by atoms with Gasteiger partial charge in [0.2, 0.25) is 0 Å². The fourth-order valence-corrected chi connectivity index (χ4v) is 3.26. The summed E-state index contributed by atoms with van der Waals surface area (Å²) in [5.74, 6) is -0.498. The van der Waals surface area contributed by atoms with Crippen molar-refractivity contribution in [2.75, 3.05) is 13.2 Å². The van der Waals surface area contributed by atoms with Crippen LogP contribution in [0, 0.1) is 0 Å². The topological polar surface area (TPSA) is 55.4 Å². The highest BCUT2D eigenvalue weighted by Gasteiger charge is 2.14. The van der Waals surface area contributed by atoms with Crippen molar-refractivity contribution in [1.82, 2.24) is 5.32 Å². The standard InChI is InChI=1S/C25H25NO3/c27-24(19-29-25(28)18-20-10-4-1-5-11-20)26-17-16-23(21-12-6-2-7-13-21)22-14-8-3-9-15-22/h1-15,23H,16-19H2,(H,26,27). The van der Waals surface area contributed by atoms with Crippen LogP contribution < -0.4 is 5.32 Å². The van der Waals surface area contributed by atoms with Gasteiger partial charge in [-0.3, -0.25) is 9.59 Å². The summed E-state index contributed by atoms with van der Waals surface area (Å²) in [6, 6.07) is 29.8. The van der Waals surface area contributed by atoms with Gasteiger partial charge in [-0.2, -0.15) is 0 Å². The number of esters is 1. The Morgan fingerprint density at radius 3 is 1.83 bits per heavy atom. The van der Waals surface area contributed by atoms with Crippen LogP contribution in [0.1, 0.15) is 29.0 Å². The van der Waals surface area contributed by atoms with Gasteiger partial charge in [0.25, 0.3) is 5.91 Å². The molecule has 0 fully saturated rings. The number of carbonyl (C=O) groups excluding carboxylic acids is 2. The number of carbonyl (C=O) groups is 2. The molecule has 29 heavy (non-hydrogen) atoms. The van der Waals surface area contributed by atoms with Crippen LogP contribution in [-0.2, 0) is 20.7 Å². The molecule has 4 nitrogen and oxygen atoms in total. The first-order valence-electron chi connectivity index (χ1n) is 9.78. The van der Waals surface area contributed by atoms with E-state index in [1.807, 2.05) is 66.7 Å². The molecule has 0 spiro atoms. The lowest BCUT2D eigenvalue weighted by atomic mass is 9.88. The minimum atomic E-state index is -0.405. The van der Waals surface area contributed by atoms with Crippen molar-refractivity contribution in [2.45, 2.75) is 18.8 Å². The molecule has 0 aromatic heterocycles. The normalized spacial score (nSPS) is 10.5. The van der Waals surface area contributed by atoms with Crippen molar-refractivity contribution in [3.63, 3.8) is 0 Å². The van der Waals surface area contributed by atoms with Crippen molar-refractivity contribution >= 4 is 11.9 Å². The highest BCUT2D eigenvalue weighted by Crippen LogP contribution is 2.27. The first kappa shape index (κ1) is 20.3. The van der Waals surface area contributed by atoms with E-state index < -0.39 is 5.97 Å². The molecule has 4 heteroatoms. The summed E-state index contributed by atoms with van der Waals surface area (Å²) < 4.78 is 5.08. The lowest BCUT2D eigenvalue weighted by molar-refractivity contribution is -0.147. The number of ether oxygens (including phenoxy) is 1. The zero-order chi connectivity index (χ0) is 20.3. The molecule has 0 bridgehead atoms. The van der Waals surface area contributed by atoms with E-state index in [0.29, 0.717) is 6.54 Å². The zero-order valence-corrected chi connectivity index (χ0v) is 16.3. The van der Waals surface area contributed by atoms with Gasteiger partial charge in [0.15, 0.2) is 6.61 Å². The smallest absolute Gasteiger partial charge is 0.310 e. The maximum atomic E-state index is 12.1. The third-order valence-electron chi connectivity index (χ3n) is 4.71. The Kier molecular flexibility index (Phi) is 7.58. The summed E-state index contributed by atoms with van der Waals surface area (Å²) in [7, 11) is 0. The molecular formula is C25H25NO3. The lowest BCUT2D eigenvalue weighted by Gasteiger charge is -2.18. The van der Waals surface area contributed by atoms with Gasteiger partial charge in [-0.25, -0.2) is 0 Å². The molecule has 0 aliphatic rings. The Balaban J connectivity index is 1.47. The number of benzene rings is 3. The molecule has 1 amide bonds. The quantitative estimate of drug-likeness (QED) is 0.562. The van der Waals surface area contributed by atoms with Crippen LogP contribution in [0.25, 0.3) is 0 Å². The molecule has 3 aromatic carbocycles. The van der Waals surface area contributed by atoms with Gasteiger partial charge in [-0.05, 0) is 23.1 Å². The van der Waals surface area contributed by atoms with Gasteiger partial charge in [0, 0.05) is 12.5 Å². The SMILES string of the molecule is O=C(COC(=O)Cc1ccccc1)NCCC(c1ccccc1)c1ccccc1. The molecule has 0 aliphatic carbocycles. The average Bonchev–Trinajstić information content (AvgIpc) is 2.77. The van der Waals surface area contributed by atoms with E-state index in [9.17, 15) is 9.59 Å². The Labute approximate surface area is 171 Å². The van der Waals surface area contributed by atoms with Crippen LogP contribution in [0.2, 0.25) is 0 Å². The van der Waals surface area contributed by atoms with E-state index in [0.717, 1.165) is 12.0 Å². The van der Waals surface area contributed by atoms with E-state index in [1.165, 1.54) is 11.1 Å². The first-order valence-corrected chi connectivity index (χ1v) is 9.78. The maximum absolute atomic E-state index is 12.1. The molecule has 0 saturated carbocycles. The predicted molar refractivity (Wildman–Crippen MR) is 113 cm³/mol. The molecule has 0 radical (unpaired) electrons. The van der Waals surface area contributed by atoms with Crippen LogP contribution in [0.5, 0.6) is 0 Å². The maximum Gasteiger partial charge on any atom is 0.310 e. The Bertz CT molecular complexity index is 856. The van der Waals surface area contributed by atoms with E-state index in [1.54, 1.807) is 0 Å². The van der Waals surface area contributed by atoms with E-state index >= 15 is 0 Å². The number of hydrogen-bond acceptors (Lipinski definition) is 3. The predicted octanol–water partition coefficient (Wildman–Crippen LogP) is 4.11. The van der Waals surface area contributed by atoms with E-state index in [2.05, 4.69) is 29.6 Å². The van der Waals surface area contributed by atoms with Crippen LogP contribution in [-0.4, -0.2) is 25.0 Å².